The zero-order chi connectivity index (χ0) is 32.3. The molecule has 0 radical (unpaired) electrons. The number of ketones is 2. The van der Waals surface area contributed by atoms with Crippen molar-refractivity contribution in [3.05, 3.63) is 71.1 Å². The van der Waals surface area contributed by atoms with Crippen molar-refractivity contribution in [2.24, 2.45) is 17.6 Å². The van der Waals surface area contributed by atoms with Crippen LogP contribution in [0.15, 0.2) is 71.1 Å². The van der Waals surface area contributed by atoms with E-state index in [0.717, 1.165) is 6.08 Å². The number of hydrogen-bond acceptors (Lipinski definition) is 9. The smallest absolute Gasteiger partial charge is 0.405 e. The van der Waals surface area contributed by atoms with Gasteiger partial charge in [-0.1, -0.05) is 44.2 Å². The second kappa shape index (κ2) is 16.7. The molecule has 0 aromatic heterocycles. The molecule has 2 aliphatic rings. The molecule has 11 nitrogen and oxygen atoms in total. The molecule has 2 rings (SSSR count). The number of fused-ring (bicyclic) bond motifs is 2. The first-order chi connectivity index (χ1) is 20.4. The molecule has 43 heavy (non-hydrogen) atoms. The van der Waals surface area contributed by atoms with Crippen LogP contribution < -0.4 is 16.4 Å². The maximum Gasteiger partial charge on any atom is 0.405 e. The van der Waals surface area contributed by atoms with Crippen molar-refractivity contribution >= 4 is 23.6 Å². The Kier molecular flexibility index (Phi) is 13.8. The van der Waals surface area contributed by atoms with Gasteiger partial charge in [0.1, 0.15) is 6.10 Å². The fourth-order valence-corrected chi connectivity index (χ4v) is 5.30. The molecule has 0 aromatic carbocycles. The van der Waals surface area contributed by atoms with Gasteiger partial charge in [0.25, 0.3) is 5.91 Å². The largest absolute Gasteiger partial charge is 0.439 e. The van der Waals surface area contributed by atoms with Gasteiger partial charge in [-0.15, -0.1) is 6.58 Å². The number of nitrogens with two attached hydrogens (primary N) is 1. The lowest BCUT2D eigenvalue weighted by Gasteiger charge is -2.32. The molecule has 2 amide bonds. The molecular weight excluding hydrogens is 554 g/mol. The fourth-order valence-electron chi connectivity index (χ4n) is 5.30. The van der Waals surface area contributed by atoms with Crippen molar-refractivity contribution in [3.8, 4) is 0 Å². The number of primary amides is 1. The highest BCUT2D eigenvalue weighted by Crippen LogP contribution is 2.29. The van der Waals surface area contributed by atoms with E-state index in [4.69, 9.17) is 24.7 Å². The van der Waals surface area contributed by atoms with E-state index in [9.17, 15) is 19.2 Å². The predicted octanol–water partition coefficient (Wildman–Crippen LogP) is 3.19. The SMILES string of the molecule is C=CCNC1=C2C[C@@H](C)C[C@H](OC)[C@H](OC)[C@@H](C)/C=C(\C)[C@H](OC(N)=O)[C@@H](OC)/C=C\C=C(/C)C(=O)NC(=CC1=O)C2=O. The summed E-state index contributed by atoms with van der Waals surface area (Å²) in [5, 5.41) is 5.59. The average molecular weight is 600 g/mol. The first-order valence-electron chi connectivity index (χ1n) is 14.2. The van der Waals surface area contributed by atoms with E-state index < -0.39 is 48.0 Å². The molecule has 0 saturated carbocycles. The fraction of sp³-hybridized carbons (Fsp3) is 0.500. The summed E-state index contributed by atoms with van der Waals surface area (Å²) in [6, 6.07) is 0. The maximum absolute atomic E-state index is 13.6. The predicted molar refractivity (Wildman–Crippen MR) is 163 cm³/mol. The number of allylic oxidation sites excluding steroid dienone is 4. The Labute approximate surface area is 253 Å². The summed E-state index contributed by atoms with van der Waals surface area (Å²) in [4.78, 5) is 51.5. The summed E-state index contributed by atoms with van der Waals surface area (Å²) in [5.74, 6) is -1.75. The summed E-state index contributed by atoms with van der Waals surface area (Å²) in [6.07, 6.45) is 6.75. The van der Waals surface area contributed by atoms with Crippen LogP contribution in [0.3, 0.4) is 0 Å². The van der Waals surface area contributed by atoms with Gasteiger partial charge >= 0.3 is 6.09 Å². The van der Waals surface area contributed by atoms with Crippen LogP contribution >= 0.6 is 0 Å². The van der Waals surface area contributed by atoms with Gasteiger partial charge in [-0.2, -0.15) is 0 Å². The Morgan fingerprint density at radius 3 is 2.42 bits per heavy atom. The van der Waals surface area contributed by atoms with Crippen LogP contribution in [-0.4, -0.2) is 75.9 Å². The molecular formula is C32H45N3O8. The minimum Gasteiger partial charge on any atom is -0.439 e. The van der Waals surface area contributed by atoms with Gasteiger partial charge in [0, 0.05) is 51.0 Å². The summed E-state index contributed by atoms with van der Waals surface area (Å²) in [5.41, 5.74) is 6.69. The number of amides is 2. The molecule has 0 saturated heterocycles. The minimum absolute atomic E-state index is 0.104. The van der Waals surface area contributed by atoms with Crippen molar-refractivity contribution in [2.45, 2.75) is 65.0 Å². The summed E-state index contributed by atoms with van der Waals surface area (Å²) < 4.78 is 22.8. The van der Waals surface area contributed by atoms with Crippen LogP contribution in [0, 0.1) is 11.8 Å². The van der Waals surface area contributed by atoms with E-state index in [0.29, 0.717) is 12.0 Å². The summed E-state index contributed by atoms with van der Waals surface area (Å²) in [6.45, 7) is 11.3. The second-order valence-electron chi connectivity index (χ2n) is 10.8. The molecule has 0 unspecified atom stereocenters. The standard InChI is InChI=1S/C32H45N3O8/c1-9-13-34-27-22-14-18(2)15-26(41-7)29(42-8)20(4)16-21(5)30(43-32(33)39)25(40-6)12-10-11-19(3)31(38)35-23(28(22)37)17-24(27)36/h9-12,16-18,20,25-26,29-30,34H,1,13-15H2,2-8H3,(H2,33,39)(H,35,38)/b12-10-,19-11+,21-16+/t18-,20+,25+,26+,29-,30+/m1/s1. The highest BCUT2D eigenvalue weighted by molar-refractivity contribution is 6.23. The Balaban J connectivity index is 2.66. The number of ether oxygens (including phenoxy) is 4. The lowest BCUT2D eigenvalue weighted by atomic mass is 9.85. The molecule has 2 bridgehead atoms. The molecule has 1 heterocycles. The number of methoxy groups -OCH3 is 3. The van der Waals surface area contributed by atoms with Gasteiger partial charge in [0.2, 0.25) is 11.6 Å². The number of hydrogen-bond donors (Lipinski definition) is 3. The number of Topliss-reactive ketones (excluding diaryl/α,β-unsaturated/α-hetero) is 1. The van der Waals surface area contributed by atoms with Crippen LogP contribution in [0.25, 0.3) is 0 Å². The van der Waals surface area contributed by atoms with E-state index in [1.54, 1.807) is 46.3 Å². The Morgan fingerprint density at radius 1 is 1.14 bits per heavy atom. The van der Waals surface area contributed by atoms with Gasteiger partial charge < -0.3 is 35.3 Å². The number of carbonyl (C=O) groups is 4. The number of nitrogens with one attached hydrogen (secondary N) is 2. The van der Waals surface area contributed by atoms with Crippen LogP contribution in [0.1, 0.15) is 40.5 Å². The summed E-state index contributed by atoms with van der Waals surface area (Å²) >= 11 is 0. The van der Waals surface area contributed by atoms with Crippen molar-refractivity contribution in [2.75, 3.05) is 27.9 Å². The normalized spacial score (nSPS) is 31.1. The third kappa shape index (κ3) is 9.60. The Morgan fingerprint density at radius 2 is 1.84 bits per heavy atom. The van der Waals surface area contributed by atoms with Crippen LogP contribution in [0.2, 0.25) is 0 Å². The maximum atomic E-state index is 13.6. The minimum atomic E-state index is -0.966. The van der Waals surface area contributed by atoms with Crippen molar-refractivity contribution in [3.63, 3.8) is 0 Å². The first kappa shape index (κ1) is 35.4. The van der Waals surface area contributed by atoms with Gasteiger partial charge in [-0.25, -0.2) is 4.79 Å². The average Bonchev–Trinajstić information content (AvgIpc) is 2.95. The molecule has 236 valence electrons. The number of rotatable bonds is 7. The second-order valence-corrected chi connectivity index (χ2v) is 10.8. The van der Waals surface area contributed by atoms with Crippen LogP contribution in [-0.2, 0) is 33.3 Å². The molecule has 0 fully saturated rings. The lowest BCUT2D eigenvalue weighted by Crippen LogP contribution is -2.38. The molecule has 11 heteroatoms. The van der Waals surface area contributed by atoms with Crippen molar-refractivity contribution in [1.29, 1.82) is 0 Å². The zero-order valence-electron chi connectivity index (χ0n) is 26.1. The van der Waals surface area contributed by atoms with E-state index >= 15 is 0 Å². The molecule has 0 spiro atoms. The third-order valence-corrected chi connectivity index (χ3v) is 7.45. The van der Waals surface area contributed by atoms with Crippen LogP contribution in [0.4, 0.5) is 4.79 Å². The highest BCUT2D eigenvalue weighted by Gasteiger charge is 2.34. The zero-order valence-corrected chi connectivity index (χ0v) is 26.1. The lowest BCUT2D eigenvalue weighted by molar-refractivity contribution is -0.120. The van der Waals surface area contributed by atoms with Gasteiger partial charge in [-0.05, 0) is 38.2 Å². The van der Waals surface area contributed by atoms with E-state index in [-0.39, 0.29) is 47.3 Å². The molecule has 1 aliphatic carbocycles. The third-order valence-electron chi connectivity index (χ3n) is 7.45. The molecule has 6 atom stereocenters. The molecule has 1 aliphatic heterocycles. The summed E-state index contributed by atoms with van der Waals surface area (Å²) in [7, 11) is 4.64. The Hall–Kier alpha value is -3.80. The molecule has 4 N–H and O–H groups in total. The number of carbonyl (C=O) groups excluding carboxylic acids is 4. The monoisotopic (exact) mass is 599 g/mol. The van der Waals surface area contributed by atoms with Gasteiger partial charge in [0.05, 0.1) is 23.6 Å². The van der Waals surface area contributed by atoms with E-state index in [1.807, 2.05) is 19.9 Å². The van der Waals surface area contributed by atoms with Crippen molar-refractivity contribution in [1.82, 2.24) is 10.6 Å². The van der Waals surface area contributed by atoms with Gasteiger partial charge in [0.15, 0.2) is 6.10 Å². The van der Waals surface area contributed by atoms with Gasteiger partial charge in [-0.3, -0.25) is 14.4 Å². The first-order valence-corrected chi connectivity index (χ1v) is 14.2. The highest BCUT2D eigenvalue weighted by atomic mass is 16.6. The van der Waals surface area contributed by atoms with E-state index in [2.05, 4.69) is 17.2 Å². The van der Waals surface area contributed by atoms with E-state index in [1.165, 1.54) is 13.2 Å². The Bertz CT molecular complexity index is 1230. The van der Waals surface area contributed by atoms with Crippen molar-refractivity contribution < 1.29 is 38.1 Å². The topological polar surface area (TPSA) is 155 Å². The quantitative estimate of drug-likeness (QED) is 0.296. The van der Waals surface area contributed by atoms with Crippen LogP contribution in [0.5, 0.6) is 0 Å². The molecule has 0 aromatic rings.